The molecule has 0 amide bonds. The van der Waals surface area contributed by atoms with E-state index in [0.29, 0.717) is 70.5 Å². The van der Waals surface area contributed by atoms with E-state index in [1.807, 2.05) is 13.8 Å². The summed E-state index contributed by atoms with van der Waals surface area (Å²) in [5.41, 5.74) is -3.14. The standard InChI is InChI=1S/2C19H13F6.C2H5.2ClH.Zr/c2*1-2-11-6-12-4-3-5-16(17(12)7-11)13-8-14(18(20,21)22)10-15(9-13)19(23,24)25;1-2;;;/h2*3-10H,2H2,1H3;1H2,2H3;2*1H;/q;;;;;+2/p-2. The monoisotopic (exact) mass is 899 g/mol. The number of allylic oxidation sites excluding steroid dienone is 2. The maximum atomic E-state index is 13.9. The predicted molar refractivity (Wildman–Crippen MR) is 188 cm³/mol. The summed E-state index contributed by atoms with van der Waals surface area (Å²) in [4.78, 5) is 0. The van der Waals surface area contributed by atoms with Gasteiger partial charge in [0.1, 0.15) is 0 Å². The summed E-state index contributed by atoms with van der Waals surface area (Å²) in [6.07, 6.45) is -16.2. The fraction of sp³-hybridized carbons (Fsp3) is 0.300. The fourth-order valence-electron chi connectivity index (χ4n) is 8.23. The molecule has 0 radical (unpaired) electrons. The van der Waals surface area contributed by atoms with Crippen LogP contribution in [0, 0.1) is 0 Å². The number of alkyl halides is 12. The Hall–Kier alpha value is -3.02. The van der Waals surface area contributed by atoms with E-state index in [1.54, 1.807) is 31.2 Å². The molecule has 0 nitrogen and oxygen atoms in total. The molecule has 0 fully saturated rings. The van der Waals surface area contributed by atoms with Crippen molar-refractivity contribution in [2.45, 2.75) is 69.7 Å². The molecule has 0 aromatic heterocycles. The molecule has 0 bridgehead atoms. The van der Waals surface area contributed by atoms with E-state index < -0.39 is 70.6 Å². The molecule has 4 aromatic rings. The molecule has 0 spiro atoms. The average Bonchev–Trinajstić information content (AvgIpc) is 3.70. The summed E-state index contributed by atoms with van der Waals surface area (Å²) in [6, 6.07) is 12.0. The molecule has 6 rings (SSSR count). The summed E-state index contributed by atoms with van der Waals surface area (Å²) >= 11 is -5.64. The Balaban J connectivity index is 1.56. The van der Waals surface area contributed by atoms with Gasteiger partial charge in [0.25, 0.3) is 0 Å². The van der Waals surface area contributed by atoms with Crippen LogP contribution in [0.3, 0.4) is 0 Å². The second-order valence-corrected chi connectivity index (χ2v) is 36.8. The zero-order valence-electron chi connectivity index (χ0n) is 29.2. The van der Waals surface area contributed by atoms with Crippen molar-refractivity contribution < 1.29 is 69.1 Å². The number of hydrogen-bond donors (Lipinski definition) is 0. The molecule has 2 atom stereocenters. The van der Waals surface area contributed by atoms with E-state index in [9.17, 15) is 52.7 Å². The van der Waals surface area contributed by atoms with Crippen molar-refractivity contribution in [3.63, 3.8) is 0 Å². The van der Waals surface area contributed by atoms with Crippen LogP contribution < -0.4 is 0 Å². The van der Waals surface area contributed by atoms with Gasteiger partial charge in [0, 0.05) is 0 Å². The van der Waals surface area contributed by atoms with Crippen LogP contribution in [0.25, 0.3) is 34.4 Å². The van der Waals surface area contributed by atoms with Gasteiger partial charge in [-0.15, -0.1) is 0 Å². The molecule has 0 saturated carbocycles. The van der Waals surface area contributed by atoms with Gasteiger partial charge in [0.2, 0.25) is 0 Å². The van der Waals surface area contributed by atoms with Crippen molar-refractivity contribution in [3.8, 4) is 22.3 Å². The van der Waals surface area contributed by atoms with Gasteiger partial charge in [-0.2, -0.15) is 0 Å². The van der Waals surface area contributed by atoms with Crippen molar-refractivity contribution in [1.29, 1.82) is 0 Å². The van der Waals surface area contributed by atoms with E-state index in [4.69, 9.17) is 17.0 Å². The molecule has 293 valence electrons. The van der Waals surface area contributed by atoms with Gasteiger partial charge in [-0.1, -0.05) is 0 Å². The Bertz CT molecular complexity index is 2020. The summed E-state index contributed by atoms with van der Waals surface area (Å²) in [7, 11) is 16.1. The molecule has 0 aliphatic heterocycles. The zero-order valence-corrected chi connectivity index (χ0v) is 33.1. The molecule has 2 aliphatic carbocycles. The van der Waals surface area contributed by atoms with E-state index in [-0.39, 0.29) is 38.5 Å². The van der Waals surface area contributed by atoms with E-state index in [0.717, 1.165) is 0 Å². The van der Waals surface area contributed by atoms with Gasteiger partial charge in [-0.3, -0.25) is 0 Å². The van der Waals surface area contributed by atoms with E-state index >= 15 is 0 Å². The van der Waals surface area contributed by atoms with Crippen LogP contribution in [0.4, 0.5) is 52.7 Å². The van der Waals surface area contributed by atoms with Gasteiger partial charge in [-0.25, -0.2) is 0 Å². The Kier molecular flexibility index (Phi) is 10.5. The minimum atomic E-state index is -5.64. The summed E-state index contributed by atoms with van der Waals surface area (Å²) in [6.45, 7) is 5.43. The van der Waals surface area contributed by atoms with Crippen LogP contribution in [0.5, 0.6) is 0 Å². The van der Waals surface area contributed by atoms with Gasteiger partial charge in [0.15, 0.2) is 0 Å². The molecule has 55 heavy (non-hydrogen) atoms. The predicted octanol–water partition coefficient (Wildman–Crippen LogP) is 15.9. The second kappa shape index (κ2) is 13.8. The molecule has 2 aliphatic rings. The van der Waals surface area contributed by atoms with Crippen molar-refractivity contribution in [2.75, 3.05) is 0 Å². The third-order valence-corrected chi connectivity index (χ3v) is 31.6. The van der Waals surface area contributed by atoms with Gasteiger partial charge in [0.05, 0.1) is 0 Å². The first-order valence-corrected chi connectivity index (χ1v) is 28.1. The number of hydrogen-bond acceptors (Lipinski definition) is 0. The number of fused-ring (bicyclic) bond motifs is 2. The quantitative estimate of drug-likeness (QED) is 0.162. The maximum absolute atomic E-state index is 13.9. The average molecular weight is 902 g/mol. The first kappa shape index (κ1) is 41.6. The summed E-state index contributed by atoms with van der Waals surface area (Å²) in [5, 5.41) is 0. The van der Waals surface area contributed by atoms with Crippen molar-refractivity contribution >= 4 is 29.2 Å². The topological polar surface area (TPSA) is 0 Å². The van der Waals surface area contributed by atoms with Gasteiger partial charge >= 0.3 is 319 Å². The minimum absolute atomic E-state index is 0.0571. The van der Waals surface area contributed by atoms with Crippen LogP contribution >= 0.6 is 17.0 Å². The third-order valence-electron chi connectivity index (χ3n) is 10.8. The summed E-state index contributed by atoms with van der Waals surface area (Å²) in [5.74, 6) is 0. The van der Waals surface area contributed by atoms with Crippen LogP contribution in [-0.2, 0) is 41.1 Å². The molecule has 0 heterocycles. The Labute approximate surface area is 317 Å². The summed E-state index contributed by atoms with van der Waals surface area (Å²) < 4.78 is 165. The molecule has 4 aromatic carbocycles. The van der Waals surface area contributed by atoms with Gasteiger partial charge < -0.3 is 0 Å². The molecule has 2 unspecified atom stereocenters. The SMILES string of the molecule is CCC1=Cc2c(-c3cc(C(F)(F)F)cc(C(F)(F)F)c3)cccc2[CH]1[Zr]([Cl])([Cl])([CH2]C)[CH]1C(CC)=Cc2c(-c3cc(C(F)(F)F)cc(C(F)(F)F)c3)cccc21. The van der Waals surface area contributed by atoms with E-state index in [1.165, 1.54) is 24.3 Å². The Morgan fingerprint density at radius 3 is 1.05 bits per heavy atom. The zero-order chi connectivity index (χ0) is 40.7. The normalized spacial score (nSPS) is 18.4. The molecule has 15 heteroatoms. The molecular weight excluding hydrogens is 871 g/mol. The first-order chi connectivity index (χ1) is 25.3. The van der Waals surface area contributed by atoms with E-state index in [2.05, 4.69) is 0 Å². The second-order valence-electron chi connectivity index (χ2n) is 13.9. The van der Waals surface area contributed by atoms with Crippen molar-refractivity contribution in [3.05, 3.63) is 128 Å². The van der Waals surface area contributed by atoms with Gasteiger partial charge in [-0.05, 0) is 0 Å². The van der Waals surface area contributed by atoms with Crippen molar-refractivity contribution in [1.82, 2.24) is 0 Å². The van der Waals surface area contributed by atoms with Crippen molar-refractivity contribution in [2.24, 2.45) is 0 Å². The number of halogens is 14. The Morgan fingerprint density at radius 1 is 0.491 bits per heavy atom. The van der Waals surface area contributed by atoms with Crippen LogP contribution in [-0.4, -0.2) is 0 Å². The van der Waals surface area contributed by atoms with Crippen LogP contribution in [0.15, 0.2) is 83.9 Å². The first-order valence-electron chi connectivity index (χ1n) is 17.2. The van der Waals surface area contributed by atoms with Crippen LogP contribution in [0.1, 0.15) is 85.4 Å². The Morgan fingerprint density at radius 2 is 0.800 bits per heavy atom. The molecular formula is C40H31Cl2F12Zr. The third kappa shape index (κ3) is 7.35. The fourth-order valence-corrected chi connectivity index (χ4v) is 26.6. The molecule has 0 N–H and O–H groups in total. The molecule has 0 saturated heterocycles. The number of benzene rings is 4. The van der Waals surface area contributed by atoms with Crippen LogP contribution in [0.2, 0.25) is 4.13 Å². The number of rotatable bonds is 7.